The van der Waals surface area contributed by atoms with Crippen LogP contribution in [-0.2, 0) is 16.1 Å². The maximum atomic E-state index is 12.2. The van der Waals surface area contributed by atoms with Crippen molar-refractivity contribution in [1.29, 1.82) is 0 Å². The van der Waals surface area contributed by atoms with E-state index in [9.17, 15) is 4.79 Å². The van der Waals surface area contributed by atoms with E-state index in [0.717, 1.165) is 11.1 Å². The summed E-state index contributed by atoms with van der Waals surface area (Å²) in [5, 5.41) is 0. The number of aryl methyl sites for hydroxylation is 1. The Morgan fingerprint density at radius 3 is 1.86 bits per heavy atom. The predicted molar refractivity (Wildman–Crippen MR) is 109 cm³/mol. The van der Waals surface area contributed by atoms with Gasteiger partial charge in [0.1, 0.15) is 6.61 Å². The lowest BCUT2D eigenvalue weighted by atomic mass is 10.1. The number of esters is 1. The molecule has 156 valence electrons. The molecular weight excluding hydrogens is 376 g/mol. The van der Waals surface area contributed by atoms with E-state index in [1.54, 1.807) is 38.5 Å². The molecule has 7 heteroatoms. The van der Waals surface area contributed by atoms with Crippen molar-refractivity contribution in [3.8, 4) is 28.7 Å². The van der Waals surface area contributed by atoms with Crippen molar-refractivity contribution < 1.29 is 33.2 Å². The van der Waals surface area contributed by atoms with Crippen LogP contribution in [0.1, 0.15) is 16.7 Å². The molecule has 0 heterocycles. The van der Waals surface area contributed by atoms with Gasteiger partial charge < -0.3 is 28.4 Å². The van der Waals surface area contributed by atoms with Crippen LogP contribution < -0.4 is 23.7 Å². The van der Waals surface area contributed by atoms with Crippen LogP contribution in [-0.4, -0.2) is 41.5 Å². The largest absolute Gasteiger partial charge is 0.493 e. The van der Waals surface area contributed by atoms with Gasteiger partial charge in [-0.1, -0.05) is 0 Å². The number of ether oxygens (including phenoxy) is 6. The molecule has 0 bridgehead atoms. The molecule has 0 N–H and O–H groups in total. The van der Waals surface area contributed by atoms with E-state index in [-0.39, 0.29) is 6.61 Å². The Labute approximate surface area is 170 Å². The van der Waals surface area contributed by atoms with Crippen molar-refractivity contribution in [2.24, 2.45) is 0 Å². The molecule has 0 radical (unpaired) electrons. The van der Waals surface area contributed by atoms with E-state index in [4.69, 9.17) is 28.4 Å². The lowest BCUT2D eigenvalue weighted by molar-refractivity contribution is -0.138. The summed E-state index contributed by atoms with van der Waals surface area (Å²) in [6.07, 6.45) is 2.96. The van der Waals surface area contributed by atoms with Crippen molar-refractivity contribution in [2.45, 2.75) is 13.5 Å². The molecule has 0 unspecified atom stereocenters. The fourth-order valence-corrected chi connectivity index (χ4v) is 2.74. The standard InChI is InChI=1S/C22H26O7/c1-14-9-17(24-2)18(25-3)12-16(14)13-29-21(23)8-7-15-10-19(26-4)22(28-6)20(11-15)27-5/h7-12H,13H2,1-6H3/b8-7+. The zero-order valence-corrected chi connectivity index (χ0v) is 17.5. The Kier molecular flexibility index (Phi) is 7.77. The summed E-state index contributed by atoms with van der Waals surface area (Å²) >= 11 is 0. The Bertz CT molecular complexity index is 862. The predicted octanol–water partition coefficient (Wildman–Crippen LogP) is 3.79. The van der Waals surface area contributed by atoms with Gasteiger partial charge in [-0.3, -0.25) is 0 Å². The third-order valence-electron chi connectivity index (χ3n) is 4.31. The molecule has 0 aliphatic rings. The van der Waals surface area contributed by atoms with Crippen molar-refractivity contribution in [1.82, 2.24) is 0 Å². The summed E-state index contributed by atoms with van der Waals surface area (Å²) in [5.41, 5.74) is 2.47. The molecule has 7 nitrogen and oxygen atoms in total. The zero-order valence-electron chi connectivity index (χ0n) is 17.5. The summed E-state index contributed by atoms with van der Waals surface area (Å²) in [5.74, 6) is 2.22. The smallest absolute Gasteiger partial charge is 0.331 e. The maximum absolute atomic E-state index is 12.2. The quantitative estimate of drug-likeness (QED) is 0.467. The molecule has 2 aromatic rings. The SMILES string of the molecule is COc1cc(C)c(COC(=O)/C=C/c2cc(OC)c(OC)c(OC)c2)cc1OC. The fourth-order valence-electron chi connectivity index (χ4n) is 2.74. The van der Waals surface area contributed by atoms with Crippen LogP contribution in [0.25, 0.3) is 6.08 Å². The van der Waals surface area contributed by atoms with E-state index in [1.165, 1.54) is 27.4 Å². The normalized spacial score (nSPS) is 10.6. The number of methoxy groups -OCH3 is 5. The summed E-state index contributed by atoms with van der Waals surface area (Å²) in [7, 11) is 7.73. The van der Waals surface area contributed by atoms with E-state index < -0.39 is 5.97 Å². The minimum absolute atomic E-state index is 0.116. The first-order chi connectivity index (χ1) is 14.0. The lowest BCUT2D eigenvalue weighted by Gasteiger charge is -2.13. The number of rotatable bonds is 9. The van der Waals surface area contributed by atoms with Crippen molar-refractivity contribution in [3.63, 3.8) is 0 Å². The van der Waals surface area contributed by atoms with Gasteiger partial charge in [0.2, 0.25) is 5.75 Å². The second kappa shape index (κ2) is 10.3. The highest BCUT2D eigenvalue weighted by Crippen LogP contribution is 2.38. The van der Waals surface area contributed by atoms with Crippen LogP contribution in [0.4, 0.5) is 0 Å². The highest BCUT2D eigenvalue weighted by Gasteiger charge is 2.13. The molecule has 29 heavy (non-hydrogen) atoms. The Balaban J connectivity index is 2.11. The van der Waals surface area contributed by atoms with Crippen LogP contribution >= 0.6 is 0 Å². The van der Waals surface area contributed by atoms with Crippen molar-refractivity contribution in [3.05, 3.63) is 47.0 Å². The van der Waals surface area contributed by atoms with Crippen LogP contribution in [0.15, 0.2) is 30.3 Å². The highest BCUT2D eigenvalue weighted by molar-refractivity contribution is 5.87. The van der Waals surface area contributed by atoms with Gasteiger partial charge in [0.15, 0.2) is 23.0 Å². The zero-order chi connectivity index (χ0) is 21.4. The first-order valence-electron chi connectivity index (χ1n) is 8.83. The number of carbonyl (C=O) groups excluding carboxylic acids is 1. The van der Waals surface area contributed by atoms with Crippen molar-refractivity contribution in [2.75, 3.05) is 35.5 Å². The lowest BCUT2D eigenvalue weighted by Crippen LogP contribution is -2.03. The average molecular weight is 402 g/mol. The van der Waals surface area contributed by atoms with Gasteiger partial charge in [-0.25, -0.2) is 4.79 Å². The van der Waals surface area contributed by atoms with E-state index in [0.29, 0.717) is 34.3 Å². The molecular formula is C22H26O7. The maximum Gasteiger partial charge on any atom is 0.331 e. The molecule has 0 atom stereocenters. The second-order valence-electron chi connectivity index (χ2n) is 6.03. The Morgan fingerprint density at radius 2 is 1.34 bits per heavy atom. The molecule has 0 aliphatic heterocycles. The summed E-state index contributed by atoms with van der Waals surface area (Å²) < 4.78 is 31.8. The topological polar surface area (TPSA) is 72.5 Å². The Hall–Kier alpha value is -3.35. The fraction of sp³-hybridized carbons (Fsp3) is 0.318. The van der Waals surface area contributed by atoms with Gasteiger partial charge in [0.25, 0.3) is 0 Å². The van der Waals surface area contributed by atoms with Crippen LogP contribution in [0.5, 0.6) is 28.7 Å². The van der Waals surface area contributed by atoms with Crippen LogP contribution in [0, 0.1) is 6.92 Å². The monoisotopic (exact) mass is 402 g/mol. The van der Waals surface area contributed by atoms with Crippen LogP contribution in [0.2, 0.25) is 0 Å². The molecule has 0 spiro atoms. The molecule has 0 saturated carbocycles. The number of benzene rings is 2. The van der Waals surface area contributed by atoms with Crippen molar-refractivity contribution >= 4 is 12.0 Å². The van der Waals surface area contributed by atoms with Gasteiger partial charge in [-0.15, -0.1) is 0 Å². The molecule has 0 aliphatic carbocycles. The summed E-state index contributed by atoms with van der Waals surface area (Å²) in [6.45, 7) is 2.03. The number of hydrogen-bond donors (Lipinski definition) is 0. The van der Waals surface area contributed by atoms with E-state index in [1.807, 2.05) is 13.0 Å². The number of hydrogen-bond acceptors (Lipinski definition) is 7. The van der Waals surface area contributed by atoms with Crippen LogP contribution in [0.3, 0.4) is 0 Å². The third kappa shape index (κ3) is 5.34. The van der Waals surface area contributed by atoms with Gasteiger partial charge in [-0.2, -0.15) is 0 Å². The third-order valence-corrected chi connectivity index (χ3v) is 4.31. The van der Waals surface area contributed by atoms with Gasteiger partial charge >= 0.3 is 5.97 Å². The van der Waals surface area contributed by atoms with Gasteiger partial charge in [-0.05, 0) is 54.0 Å². The molecule has 0 fully saturated rings. The summed E-state index contributed by atoms with van der Waals surface area (Å²) in [4.78, 5) is 12.2. The summed E-state index contributed by atoms with van der Waals surface area (Å²) in [6, 6.07) is 7.12. The Morgan fingerprint density at radius 1 is 0.793 bits per heavy atom. The number of carbonyl (C=O) groups is 1. The second-order valence-corrected chi connectivity index (χ2v) is 6.03. The van der Waals surface area contributed by atoms with Gasteiger partial charge in [0.05, 0.1) is 35.5 Å². The minimum Gasteiger partial charge on any atom is -0.493 e. The van der Waals surface area contributed by atoms with Gasteiger partial charge in [0, 0.05) is 6.08 Å². The minimum atomic E-state index is -0.479. The van der Waals surface area contributed by atoms with E-state index >= 15 is 0 Å². The highest BCUT2D eigenvalue weighted by atomic mass is 16.5. The molecule has 2 rings (SSSR count). The molecule has 2 aromatic carbocycles. The first-order valence-corrected chi connectivity index (χ1v) is 8.83. The molecule has 0 aromatic heterocycles. The molecule has 0 amide bonds. The molecule has 0 saturated heterocycles. The van der Waals surface area contributed by atoms with E-state index in [2.05, 4.69) is 0 Å². The first kappa shape index (κ1) is 21.9. The average Bonchev–Trinajstić information content (AvgIpc) is 2.75.